The number of alkyl carbamates (subject to hydrolysis) is 1. The largest absolute Gasteiger partial charge is 0.486 e. The molecule has 2 aliphatic rings. The highest BCUT2D eigenvalue weighted by atomic mass is 16.6. The summed E-state index contributed by atoms with van der Waals surface area (Å²) in [6, 6.07) is 5.70. The first kappa shape index (κ1) is 12.1. The Balaban J connectivity index is 1.94. The minimum atomic E-state index is -0.376. The van der Waals surface area contributed by atoms with Crippen LogP contribution in [-0.2, 0) is 4.74 Å². The highest BCUT2D eigenvalue weighted by molar-refractivity contribution is 5.69. The zero-order valence-electron chi connectivity index (χ0n) is 11.1. The van der Waals surface area contributed by atoms with Crippen LogP contribution in [0.5, 0.6) is 11.5 Å². The van der Waals surface area contributed by atoms with Crippen molar-refractivity contribution in [1.29, 1.82) is 0 Å². The maximum atomic E-state index is 11.4. The van der Waals surface area contributed by atoms with Crippen LogP contribution in [0.15, 0.2) is 18.2 Å². The molecule has 1 aromatic carbocycles. The Hall–Kier alpha value is -1.91. The normalized spacial score (nSPS) is 24.3. The summed E-state index contributed by atoms with van der Waals surface area (Å²) < 4.78 is 16.1. The Kier molecular flexibility index (Phi) is 2.77. The van der Waals surface area contributed by atoms with E-state index < -0.39 is 0 Å². The summed E-state index contributed by atoms with van der Waals surface area (Å²) in [6.07, 6.45) is -0.376. The van der Waals surface area contributed by atoms with Crippen molar-refractivity contribution < 1.29 is 19.0 Å². The van der Waals surface area contributed by atoms with Crippen molar-refractivity contribution in [2.45, 2.75) is 19.9 Å². The average molecular weight is 263 g/mol. The van der Waals surface area contributed by atoms with Gasteiger partial charge < -0.3 is 19.5 Å². The van der Waals surface area contributed by atoms with Crippen LogP contribution in [0.1, 0.15) is 25.5 Å². The van der Waals surface area contributed by atoms with E-state index in [0.717, 1.165) is 17.1 Å². The highest BCUT2D eigenvalue weighted by Crippen LogP contribution is 2.40. The Morgan fingerprint density at radius 3 is 2.68 bits per heavy atom. The van der Waals surface area contributed by atoms with Crippen LogP contribution in [0.3, 0.4) is 0 Å². The van der Waals surface area contributed by atoms with Gasteiger partial charge in [-0.1, -0.05) is 19.9 Å². The lowest BCUT2D eigenvalue weighted by Crippen LogP contribution is -2.46. The molecule has 1 fully saturated rings. The summed E-state index contributed by atoms with van der Waals surface area (Å²) in [4.78, 5) is 11.4. The Morgan fingerprint density at radius 1 is 1.16 bits per heavy atom. The second kappa shape index (κ2) is 4.33. The van der Waals surface area contributed by atoms with E-state index >= 15 is 0 Å². The van der Waals surface area contributed by atoms with Gasteiger partial charge in [0.25, 0.3) is 0 Å². The lowest BCUT2D eigenvalue weighted by molar-refractivity contribution is 0.0386. The fourth-order valence-electron chi connectivity index (χ4n) is 2.46. The molecule has 0 saturated carbocycles. The summed E-state index contributed by atoms with van der Waals surface area (Å²) >= 11 is 0. The van der Waals surface area contributed by atoms with Crippen molar-refractivity contribution in [3.05, 3.63) is 23.8 Å². The molecule has 0 aromatic heterocycles. The van der Waals surface area contributed by atoms with Crippen LogP contribution in [-0.4, -0.2) is 25.9 Å². The molecule has 2 heterocycles. The maximum Gasteiger partial charge on any atom is 0.407 e. The fourth-order valence-corrected chi connectivity index (χ4v) is 2.46. The van der Waals surface area contributed by atoms with E-state index in [0.29, 0.717) is 19.8 Å². The van der Waals surface area contributed by atoms with E-state index in [9.17, 15) is 4.79 Å². The quantitative estimate of drug-likeness (QED) is 0.844. The zero-order chi connectivity index (χ0) is 13.5. The molecule has 3 rings (SSSR count). The number of hydrogen-bond donors (Lipinski definition) is 1. The summed E-state index contributed by atoms with van der Waals surface area (Å²) in [5.74, 6) is 1.49. The van der Waals surface area contributed by atoms with Gasteiger partial charge in [0.15, 0.2) is 11.5 Å². The van der Waals surface area contributed by atoms with Crippen LogP contribution in [0.25, 0.3) is 0 Å². The molecule has 0 spiro atoms. The van der Waals surface area contributed by atoms with Crippen LogP contribution in [0.2, 0.25) is 0 Å². The minimum absolute atomic E-state index is 0.0930. The molecule has 1 atom stereocenters. The number of benzene rings is 1. The third-order valence-corrected chi connectivity index (χ3v) is 3.52. The zero-order valence-corrected chi connectivity index (χ0v) is 11.1. The second-order valence-electron chi connectivity index (χ2n) is 5.55. The number of nitrogens with one attached hydrogen (secondary N) is 1. The smallest absolute Gasteiger partial charge is 0.407 e. The van der Waals surface area contributed by atoms with Gasteiger partial charge in [0, 0.05) is 5.41 Å². The van der Waals surface area contributed by atoms with Crippen LogP contribution in [0.4, 0.5) is 4.79 Å². The van der Waals surface area contributed by atoms with Crippen molar-refractivity contribution in [3.63, 3.8) is 0 Å². The topological polar surface area (TPSA) is 56.8 Å². The third-order valence-electron chi connectivity index (χ3n) is 3.52. The van der Waals surface area contributed by atoms with Crippen molar-refractivity contribution in [1.82, 2.24) is 5.32 Å². The van der Waals surface area contributed by atoms with E-state index in [2.05, 4.69) is 19.2 Å². The molecule has 1 amide bonds. The maximum absolute atomic E-state index is 11.4. The van der Waals surface area contributed by atoms with Gasteiger partial charge in [-0.25, -0.2) is 4.79 Å². The summed E-state index contributed by atoms with van der Waals surface area (Å²) in [5.41, 5.74) is 0.836. The van der Waals surface area contributed by atoms with Gasteiger partial charge in [0.05, 0.1) is 6.04 Å². The van der Waals surface area contributed by atoms with Crippen molar-refractivity contribution in [2.24, 2.45) is 5.41 Å². The number of hydrogen-bond acceptors (Lipinski definition) is 4. The van der Waals surface area contributed by atoms with Gasteiger partial charge in [-0.2, -0.15) is 0 Å². The first-order valence-corrected chi connectivity index (χ1v) is 6.39. The van der Waals surface area contributed by atoms with Gasteiger partial charge in [0.2, 0.25) is 0 Å². The monoisotopic (exact) mass is 263 g/mol. The van der Waals surface area contributed by atoms with E-state index in [1.165, 1.54) is 0 Å². The molecule has 2 aliphatic heterocycles. The van der Waals surface area contributed by atoms with Crippen LogP contribution in [0, 0.1) is 5.41 Å². The molecule has 0 unspecified atom stereocenters. The molecule has 1 aromatic rings. The molecule has 1 N–H and O–H groups in total. The Morgan fingerprint density at radius 2 is 1.89 bits per heavy atom. The van der Waals surface area contributed by atoms with E-state index in [1.54, 1.807) is 0 Å². The van der Waals surface area contributed by atoms with Gasteiger partial charge in [-0.05, 0) is 17.7 Å². The van der Waals surface area contributed by atoms with E-state index in [1.807, 2.05) is 18.2 Å². The van der Waals surface area contributed by atoms with Crippen molar-refractivity contribution in [2.75, 3.05) is 19.8 Å². The second-order valence-corrected chi connectivity index (χ2v) is 5.55. The molecular formula is C14H17NO4. The first-order chi connectivity index (χ1) is 9.06. The molecule has 5 nitrogen and oxygen atoms in total. The first-order valence-electron chi connectivity index (χ1n) is 6.39. The molecular weight excluding hydrogens is 246 g/mol. The standard InChI is InChI=1S/C14H17NO4/c1-14(2)8-19-13(16)15-12(14)9-3-4-10-11(7-9)18-6-5-17-10/h3-4,7,12H,5-6,8H2,1-2H3,(H,15,16)/t12-/m0/s1. The molecule has 0 aliphatic carbocycles. The summed E-state index contributed by atoms with van der Waals surface area (Å²) in [6.45, 7) is 5.66. The lowest BCUT2D eigenvalue weighted by atomic mass is 9.80. The number of fused-ring (bicyclic) bond motifs is 1. The number of ether oxygens (including phenoxy) is 3. The van der Waals surface area contributed by atoms with E-state index in [4.69, 9.17) is 14.2 Å². The number of carbonyl (C=O) groups is 1. The molecule has 0 bridgehead atoms. The average Bonchev–Trinajstić information content (AvgIpc) is 2.41. The minimum Gasteiger partial charge on any atom is -0.486 e. The van der Waals surface area contributed by atoms with Gasteiger partial charge in [-0.3, -0.25) is 0 Å². The number of cyclic esters (lactones) is 1. The summed E-state index contributed by atoms with van der Waals surface area (Å²) in [7, 11) is 0. The Bertz CT molecular complexity index is 512. The molecule has 0 radical (unpaired) electrons. The highest BCUT2D eigenvalue weighted by Gasteiger charge is 2.38. The van der Waals surface area contributed by atoms with Crippen LogP contribution < -0.4 is 14.8 Å². The summed E-state index contributed by atoms with van der Waals surface area (Å²) in [5, 5.41) is 2.87. The van der Waals surface area contributed by atoms with Gasteiger partial charge >= 0.3 is 6.09 Å². The van der Waals surface area contributed by atoms with E-state index in [-0.39, 0.29) is 17.6 Å². The molecule has 5 heteroatoms. The lowest BCUT2D eigenvalue weighted by Gasteiger charge is -2.38. The number of carbonyl (C=O) groups excluding carboxylic acids is 1. The molecule has 19 heavy (non-hydrogen) atoms. The van der Waals surface area contributed by atoms with Gasteiger partial charge in [0.1, 0.15) is 19.8 Å². The third kappa shape index (κ3) is 2.20. The predicted octanol–water partition coefficient (Wildman–Crippen LogP) is 2.26. The fraction of sp³-hybridized carbons (Fsp3) is 0.500. The van der Waals surface area contributed by atoms with Crippen molar-refractivity contribution in [3.8, 4) is 11.5 Å². The molecule has 1 saturated heterocycles. The molecule has 102 valence electrons. The van der Waals surface area contributed by atoms with Gasteiger partial charge in [-0.15, -0.1) is 0 Å². The van der Waals surface area contributed by atoms with Crippen LogP contribution >= 0.6 is 0 Å². The predicted molar refractivity (Wildman–Crippen MR) is 68.4 cm³/mol. The number of amides is 1. The van der Waals surface area contributed by atoms with Crippen molar-refractivity contribution >= 4 is 6.09 Å². The SMILES string of the molecule is CC1(C)COC(=O)N[C@H]1c1ccc2c(c1)OCCO2. The number of rotatable bonds is 1. The Labute approximate surface area is 111 Å².